The Balaban J connectivity index is 2.19. The van der Waals surface area contributed by atoms with Crippen LogP contribution in [0.2, 0.25) is 0 Å². The minimum atomic E-state index is 0.539. The van der Waals surface area contributed by atoms with Gasteiger partial charge in [-0.2, -0.15) is 5.10 Å². The predicted octanol–water partition coefficient (Wildman–Crippen LogP) is 1.58. The van der Waals surface area contributed by atoms with E-state index in [1.807, 2.05) is 38.7 Å². The molecule has 0 fully saturated rings. The number of hydrogen-bond donors (Lipinski definition) is 2. The average molecular weight is 260 g/mol. The van der Waals surface area contributed by atoms with E-state index in [0.29, 0.717) is 12.4 Å². The van der Waals surface area contributed by atoms with Gasteiger partial charge in [0.05, 0.1) is 6.20 Å². The van der Waals surface area contributed by atoms with E-state index in [1.165, 1.54) is 0 Å². The first-order valence-electron chi connectivity index (χ1n) is 6.37. The minimum Gasteiger partial charge on any atom is -0.383 e. The summed E-state index contributed by atoms with van der Waals surface area (Å²) in [5.74, 6) is 2.10. The molecule has 0 atom stereocenters. The molecule has 0 amide bonds. The molecule has 2 aromatic heterocycles. The molecule has 102 valence electrons. The lowest BCUT2D eigenvalue weighted by Crippen LogP contribution is -2.09. The Kier molecular flexibility index (Phi) is 3.69. The zero-order valence-corrected chi connectivity index (χ0v) is 11.9. The first kappa shape index (κ1) is 13.3. The van der Waals surface area contributed by atoms with E-state index in [-0.39, 0.29) is 0 Å². The summed E-state index contributed by atoms with van der Waals surface area (Å²) in [4.78, 5) is 8.71. The van der Waals surface area contributed by atoms with Crippen LogP contribution < -0.4 is 11.1 Å². The molecule has 6 heteroatoms. The first-order valence-corrected chi connectivity index (χ1v) is 6.37. The van der Waals surface area contributed by atoms with Gasteiger partial charge < -0.3 is 11.1 Å². The van der Waals surface area contributed by atoms with Gasteiger partial charge in [0.25, 0.3) is 0 Å². The number of nitrogens with one attached hydrogen (secondary N) is 1. The van der Waals surface area contributed by atoms with Gasteiger partial charge in [0.15, 0.2) is 0 Å². The normalized spacial score (nSPS) is 10.7. The monoisotopic (exact) mass is 260 g/mol. The van der Waals surface area contributed by atoms with E-state index in [1.54, 1.807) is 0 Å². The number of hydrogen-bond acceptors (Lipinski definition) is 5. The lowest BCUT2D eigenvalue weighted by atomic mass is 10.2. The third-order valence-corrected chi connectivity index (χ3v) is 3.33. The van der Waals surface area contributed by atoms with Crippen molar-refractivity contribution in [3.63, 3.8) is 0 Å². The summed E-state index contributed by atoms with van der Waals surface area (Å²) in [6.07, 6.45) is 2.63. The van der Waals surface area contributed by atoms with Crippen LogP contribution in [-0.4, -0.2) is 19.7 Å². The summed E-state index contributed by atoms with van der Waals surface area (Å²) in [5, 5.41) is 7.54. The summed E-state index contributed by atoms with van der Waals surface area (Å²) >= 11 is 0. The molecule has 2 heterocycles. The number of aromatic nitrogens is 4. The van der Waals surface area contributed by atoms with Crippen molar-refractivity contribution >= 4 is 11.6 Å². The van der Waals surface area contributed by atoms with Crippen molar-refractivity contribution in [2.24, 2.45) is 7.05 Å². The number of rotatable bonds is 4. The van der Waals surface area contributed by atoms with Crippen molar-refractivity contribution < 1.29 is 0 Å². The molecular weight excluding hydrogens is 240 g/mol. The summed E-state index contributed by atoms with van der Waals surface area (Å²) in [6.45, 7) is 6.66. The van der Waals surface area contributed by atoms with Crippen molar-refractivity contribution in [2.45, 2.75) is 33.7 Å². The van der Waals surface area contributed by atoms with Crippen molar-refractivity contribution in [1.82, 2.24) is 19.7 Å². The maximum atomic E-state index is 5.89. The zero-order valence-electron chi connectivity index (χ0n) is 11.9. The van der Waals surface area contributed by atoms with Crippen LogP contribution in [0.5, 0.6) is 0 Å². The highest BCUT2D eigenvalue weighted by molar-refractivity contribution is 5.55. The van der Waals surface area contributed by atoms with Gasteiger partial charge in [0.1, 0.15) is 17.5 Å². The van der Waals surface area contributed by atoms with E-state index in [4.69, 9.17) is 5.73 Å². The molecule has 0 saturated carbocycles. The van der Waals surface area contributed by atoms with Gasteiger partial charge in [0.2, 0.25) is 0 Å². The van der Waals surface area contributed by atoms with Crippen LogP contribution >= 0.6 is 0 Å². The van der Waals surface area contributed by atoms with Crippen molar-refractivity contribution in [3.05, 3.63) is 28.8 Å². The standard InChI is InChI=1S/C13H20N6/c1-5-11-17-12(14)8(2)13(18-11)15-6-10-7-16-19(4)9(10)3/h7H,5-6H2,1-4H3,(H3,14,15,17,18). The van der Waals surface area contributed by atoms with E-state index < -0.39 is 0 Å². The highest BCUT2D eigenvalue weighted by Crippen LogP contribution is 2.18. The Bertz CT molecular complexity index is 587. The van der Waals surface area contributed by atoms with Gasteiger partial charge in [-0.05, 0) is 13.8 Å². The molecule has 3 N–H and O–H groups in total. The Morgan fingerprint density at radius 1 is 1.32 bits per heavy atom. The molecule has 0 radical (unpaired) electrons. The van der Waals surface area contributed by atoms with E-state index in [9.17, 15) is 0 Å². The number of nitrogens with two attached hydrogens (primary N) is 1. The number of nitrogens with zero attached hydrogens (tertiary/aromatic N) is 4. The SMILES string of the molecule is CCc1nc(N)c(C)c(NCc2cnn(C)c2C)n1. The second-order valence-electron chi connectivity index (χ2n) is 4.58. The Labute approximate surface area is 113 Å². The summed E-state index contributed by atoms with van der Waals surface area (Å²) < 4.78 is 1.86. The van der Waals surface area contributed by atoms with Crippen LogP contribution in [0.25, 0.3) is 0 Å². The van der Waals surface area contributed by atoms with E-state index in [2.05, 4.69) is 20.4 Å². The molecule has 0 bridgehead atoms. The third kappa shape index (κ3) is 2.67. The van der Waals surface area contributed by atoms with Gasteiger partial charge >= 0.3 is 0 Å². The van der Waals surface area contributed by atoms with Crippen LogP contribution in [0.15, 0.2) is 6.20 Å². The molecule has 0 unspecified atom stereocenters. The highest BCUT2D eigenvalue weighted by Gasteiger charge is 2.09. The van der Waals surface area contributed by atoms with E-state index in [0.717, 1.165) is 34.9 Å². The van der Waals surface area contributed by atoms with Gasteiger partial charge in [-0.1, -0.05) is 6.92 Å². The largest absolute Gasteiger partial charge is 0.383 e. The van der Waals surface area contributed by atoms with Gasteiger partial charge in [-0.3, -0.25) is 4.68 Å². The van der Waals surface area contributed by atoms with Crippen LogP contribution in [0.3, 0.4) is 0 Å². The van der Waals surface area contributed by atoms with Crippen molar-refractivity contribution in [1.29, 1.82) is 0 Å². The lowest BCUT2D eigenvalue weighted by Gasteiger charge is -2.11. The van der Waals surface area contributed by atoms with Crippen LogP contribution in [0, 0.1) is 13.8 Å². The number of anilines is 2. The molecule has 0 aliphatic carbocycles. The second-order valence-corrected chi connectivity index (χ2v) is 4.58. The summed E-state index contributed by atoms with van der Waals surface area (Å²) in [7, 11) is 1.93. The molecule has 0 aromatic carbocycles. The first-order chi connectivity index (χ1) is 9.02. The fraction of sp³-hybridized carbons (Fsp3) is 0.462. The number of nitrogen functional groups attached to an aromatic ring is 1. The minimum absolute atomic E-state index is 0.539. The molecular formula is C13H20N6. The smallest absolute Gasteiger partial charge is 0.135 e. The van der Waals surface area contributed by atoms with Crippen LogP contribution in [0.1, 0.15) is 29.6 Å². The lowest BCUT2D eigenvalue weighted by molar-refractivity contribution is 0.738. The molecule has 0 aliphatic rings. The van der Waals surface area contributed by atoms with Crippen molar-refractivity contribution in [2.75, 3.05) is 11.1 Å². The number of aryl methyl sites for hydroxylation is 2. The third-order valence-electron chi connectivity index (χ3n) is 3.33. The molecule has 0 spiro atoms. The van der Waals surface area contributed by atoms with Crippen molar-refractivity contribution in [3.8, 4) is 0 Å². The van der Waals surface area contributed by atoms with Gasteiger partial charge in [-0.15, -0.1) is 0 Å². The van der Waals surface area contributed by atoms with Gasteiger partial charge in [0, 0.05) is 36.8 Å². The molecule has 2 aromatic rings. The molecule has 2 rings (SSSR count). The second kappa shape index (κ2) is 5.26. The van der Waals surface area contributed by atoms with Crippen LogP contribution in [-0.2, 0) is 20.0 Å². The van der Waals surface area contributed by atoms with Crippen LogP contribution in [0.4, 0.5) is 11.6 Å². The summed E-state index contributed by atoms with van der Waals surface area (Å²) in [5.41, 5.74) is 9.07. The molecule has 0 aliphatic heterocycles. The predicted molar refractivity (Wildman–Crippen MR) is 75.8 cm³/mol. The Morgan fingerprint density at radius 2 is 2.05 bits per heavy atom. The molecule has 19 heavy (non-hydrogen) atoms. The summed E-state index contributed by atoms with van der Waals surface area (Å²) in [6, 6.07) is 0. The fourth-order valence-electron chi connectivity index (χ4n) is 1.81. The fourth-order valence-corrected chi connectivity index (χ4v) is 1.81. The maximum absolute atomic E-state index is 5.89. The quantitative estimate of drug-likeness (QED) is 0.872. The Hall–Kier alpha value is -2.11. The molecule has 6 nitrogen and oxygen atoms in total. The van der Waals surface area contributed by atoms with E-state index >= 15 is 0 Å². The maximum Gasteiger partial charge on any atom is 0.135 e. The Morgan fingerprint density at radius 3 is 2.63 bits per heavy atom. The zero-order chi connectivity index (χ0) is 14.0. The highest BCUT2D eigenvalue weighted by atomic mass is 15.3. The van der Waals surface area contributed by atoms with Gasteiger partial charge in [-0.25, -0.2) is 9.97 Å². The molecule has 0 saturated heterocycles. The topological polar surface area (TPSA) is 81.6 Å². The average Bonchev–Trinajstić information content (AvgIpc) is 2.71.